The number of hydrogen-bond donors (Lipinski definition) is 3. The first-order valence-corrected chi connectivity index (χ1v) is 7.77. The van der Waals surface area contributed by atoms with Crippen molar-refractivity contribution in [2.24, 2.45) is 7.05 Å². The summed E-state index contributed by atoms with van der Waals surface area (Å²) in [5.41, 5.74) is 6.01. The SMILES string of the molecule is COCCNC(=O)C(C)NS(=O)(=O)c1c(N)nn(C)c1C. The number of carbonyl (C=O) groups is 1. The van der Waals surface area contributed by atoms with E-state index in [2.05, 4.69) is 15.1 Å². The van der Waals surface area contributed by atoms with Crippen molar-refractivity contribution < 1.29 is 17.9 Å². The summed E-state index contributed by atoms with van der Waals surface area (Å²) >= 11 is 0. The number of sulfonamides is 1. The number of methoxy groups -OCH3 is 1. The molecule has 120 valence electrons. The molecule has 1 aromatic rings. The normalized spacial score (nSPS) is 13.1. The number of nitrogens with two attached hydrogens (primary N) is 1. The maximum Gasteiger partial charge on any atom is 0.246 e. The summed E-state index contributed by atoms with van der Waals surface area (Å²) in [4.78, 5) is 11.6. The van der Waals surface area contributed by atoms with Gasteiger partial charge in [-0.15, -0.1) is 0 Å². The van der Waals surface area contributed by atoms with E-state index in [9.17, 15) is 13.2 Å². The van der Waals surface area contributed by atoms with Gasteiger partial charge < -0.3 is 15.8 Å². The third-order valence-electron chi connectivity index (χ3n) is 2.90. The van der Waals surface area contributed by atoms with E-state index >= 15 is 0 Å². The van der Waals surface area contributed by atoms with Gasteiger partial charge in [-0.1, -0.05) is 0 Å². The van der Waals surface area contributed by atoms with Crippen molar-refractivity contribution in [3.8, 4) is 0 Å². The first-order chi connectivity index (χ1) is 9.70. The maximum atomic E-state index is 12.3. The first kappa shape index (κ1) is 17.4. The minimum absolute atomic E-state index is 0.102. The van der Waals surface area contributed by atoms with Crippen LogP contribution in [0.4, 0.5) is 5.82 Å². The molecule has 0 bridgehead atoms. The Morgan fingerprint density at radius 2 is 2.14 bits per heavy atom. The van der Waals surface area contributed by atoms with Crippen LogP contribution in [0.3, 0.4) is 0 Å². The largest absolute Gasteiger partial charge is 0.383 e. The highest BCUT2D eigenvalue weighted by Crippen LogP contribution is 2.21. The van der Waals surface area contributed by atoms with Crippen molar-refractivity contribution >= 4 is 21.7 Å². The van der Waals surface area contributed by atoms with E-state index in [1.807, 2.05) is 0 Å². The minimum Gasteiger partial charge on any atom is -0.383 e. The molecule has 1 unspecified atom stereocenters. The van der Waals surface area contributed by atoms with Gasteiger partial charge in [0.2, 0.25) is 15.9 Å². The van der Waals surface area contributed by atoms with E-state index in [0.717, 1.165) is 0 Å². The fraction of sp³-hybridized carbons (Fsp3) is 0.636. The van der Waals surface area contributed by atoms with Gasteiger partial charge in [0, 0.05) is 20.7 Å². The second-order valence-electron chi connectivity index (χ2n) is 4.55. The van der Waals surface area contributed by atoms with Crippen LogP contribution in [0.2, 0.25) is 0 Å². The van der Waals surface area contributed by atoms with E-state index in [-0.39, 0.29) is 10.7 Å². The van der Waals surface area contributed by atoms with E-state index in [1.165, 1.54) is 18.7 Å². The lowest BCUT2D eigenvalue weighted by molar-refractivity contribution is -0.122. The van der Waals surface area contributed by atoms with Crippen molar-refractivity contribution in [1.82, 2.24) is 19.8 Å². The van der Waals surface area contributed by atoms with Gasteiger partial charge in [0.05, 0.1) is 18.3 Å². The fourth-order valence-electron chi connectivity index (χ4n) is 1.72. The third kappa shape index (κ3) is 4.16. The number of rotatable bonds is 7. The molecule has 0 aliphatic carbocycles. The van der Waals surface area contributed by atoms with Gasteiger partial charge in [0.25, 0.3) is 0 Å². The van der Waals surface area contributed by atoms with Crippen LogP contribution in [0.15, 0.2) is 4.90 Å². The topological polar surface area (TPSA) is 128 Å². The molecular formula is C11H21N5O4S. The summed E-state index contributed by atoms with van der Waals surface area (Å²) in [6.07, 6.45) is 0. The fourth-order valence-corrected chi connectivity index (χ4v) is 3.25. The molecule has 1 aromatic heterocycles. The average Bonchev–Trinajstić information content (AvgIpc) is 2.63. The Balaban J connectivity index is 2.83. The molecule has 0 aliphatic heterocycles. The molecule has 0 aromatic carbocycles. The monoisotopic (exact) mass is 319 g/mol. The molecule has 1 rings (SSSR count). The van der Waals surface area contributed by atoms with Crippen LogP contribution >= 0.6 is 0 Å². The standard InChI is InChI=1S/C11H21N5O4S/c1-7(11(17)13-5-6-20-4)15-21(18,19)9-8(2)16(3)14-10(9)12/h7,15H,5-6H2,1-4H3,(H2,12,14)(H,13,17). The molecule has 10 heteroatoms. The Morgan fingerprint density at radius 3 is 2.62 bits per heavy atom. The highest BCUT2D eigenvalue weighted by Gasteiger charge is 2.28. The number of hydrogen-bond acceptors (Lipinski definition) is 6. The van der Waals surface area contributed by atoms with Crippen molar-refractivity contribution in [1.29, 1.82) is 0 Å². The zero-order valence-electron chi connectivity index (χ0n) is 12.5. The van der Waals surface area contributed by atoms with E-state index < -0.39 is 22.0 Å². The Kier molecular flexibility index (Phi) is 5.70. The molecular weight excluding hydrogens is 298 g/mol. The van der Waals surface area contributed by atoms with Crippen LogP contribution in [0.5, 0.6) is 0 Å². The van der Waals surface area contributed by atoms with Gasteiger partial charge in [-0.2, -0.15) is 9.82 Å². The molecule has 0 saturated carbocycles. The Labute approximate surface area is 123 Å². The number of carbonyl (C=O) groups excluding carboxylic acids is 1. The number of aryl methyl sites for hydroxylation is 1. The second kappa shape index (κ2) is 6.87. The van der Waals surface area contributed by atoms with Gasteiger partial charge >= 0.3 is 0 Å². The quantitative estimate of drug-likeness (QED) is 0.538. The molecule has 4 N–H and O–H groups in total. The molecule has 21 heavy (non-hydrogen) atoms. The third-order valence-corrected chi connectivity index (χ3v) is 4.61. The van der Waals surface area contributed by atoms with Crippen molar-refractivity contribution in [2.75, 3.05) is 26.0 Å². The zero-order valence-corrected chi connectivity index (χ0v) is 13.3. The number of aromatic nitrogens is 2. The Hall–Kier alpha value is -1.65. The number of anilines is 1. The number of amides is 1. The summed E-state index contributed by atoms with van der Waals surface area (Å²) in [5.74, 6) is -0.551. The Bertz CT molecular complexity index is 610. The molecule has 0 radical (unpaired) electrons. The van der Waals surface area contributed by atoms with Gasteiger partial charge in [0.15, 0.2) is 5.82 Å². The van der Waals surface area contributed by atoms with E-state index in [4.69, 9.17) is 10.5 Å². The zero-order chi connectivity index (χ0) is 16.2. The first-order valence-electron chi connectivity index (χ1n) is 6.28. The molecule has 1 amide bonds. The summed E-state index contributed by atoms with van der Waals surface area (Å²) in [6.45, 7) is 3.68. The number of nitrogen functional groups attached to an aromatic ring is 1. The van der Waals surface area contributed by atoms with Crippen LogP contribution < -0.4 is 15.8 Å². The molecule has 0 spiro atoms. The molecule has 1 atom stereocenters. The number of nitrogens with zero attached hydrogens (tertiary/aromatic N) is 2. The predicted molar refractivity (Wildman–Crippen MR) is 77.0 cm³/mol. The van der Waals surface area contributed by atoms with E-state index in [1.54, 1.807) is 14.0 Å². The molecule has 9 nitrogen and oxygen atoms in total. The van der Waals surface area contributed by atoms with Gasteiger partial charge in [0.1, 0.15) is 4.90 Å². The minimum atomic E-state index is -3.93. The smallest absolute Gasteiger partial charge is 0.246 e. The Morgan fingerprint density at radius 1 is 1.52 bits per heavy atom. The molecule has 1 heterocycles. The van der Waals surface area contributed by atoms with Crippen LogP contribution in [-0.2, 0) is 26.6 Å². The summed E-state index contributed by atoms with van der Waals surface area (Å²) < 4.78 is 33.0. The lowest BCUT2D eigenvalue weighted by Gasteiger charge is -2.14. The lowest BCUT2D eigenvalue weighted by atomic mass is 10.3. The van der Waals surface area contributed by atoms with Gasteiger partial charge in [-0.3, -0.25) is 9.48 Å². The van der Waals surface area contributed by atoms with E-state index in [0.29, 0.717) is 18.8 Å². The summed E-state index contributed by atoms with van der Waals surface area (Å²) in [7, 11) is -0.831. The van der Waals surface area contributed by atoms with Crippen molar-refractivity contribution in [3.05, 3.63) is 5.69 Å². The predicted octanol–water partition coefficient (Wildman–Crippen LogP) is -1.26. The summed E-state index contributed by atoms with van der Waals surface area (Å²) in [6, 6.07) is -0.939. The highest BCUT2D eigenvalue weighted by atomic mass is 32.2. The second-order valence-corrected chi connectivity index (χ2v) is 6.20. The highest BCUT2D eigenvalue weighted by molar-refractivity contribution is 7.89. The molecule has 0 fully saturated rings. The van der Waals surface area contributed by atoms with Crippen LogP contribution in [0.1, 0.15) is 12.6 Å². The van der Waals surface area contributed by atoms with Crippen LogP contribution in [0.25, 0.3) is 0 Å². The molecule has 0 saturated heterocycles. The molecule has 0 aliphatic rings. The lowest BCUT2D eigenvalue weighted by Crippen LogP contribution is -2.45. The van der Waals surface area contributed by atoms with Crippen LogP contribution in [0, 0.1) is 6.92 Å². The van der Waals surface area contributed by atoms with Crippen LogP contribution in [-0.4, -0.2) is 50.4 Å². The van der Waals surface area contributed by atoms with Gasteiger partial charge in [-0.25, -0.2) is 8.42 Å². The maximum absolute atomic E-state index is 12.3. The number of ether oxygens (including phenoxy) is 1. The van der Waals surface area contributed by atoms with Gasteiger partial charge in [-0.05, 0) is 13.8 Å². The van der Waals surface area contributed by atoms with Crippen molar-refractivity contribution in [2.45, 2.75) is 24.8 Å². The number of nitrogens with one attached hydrogen (secondary N) is 2. The average molecular weight is 319 g/mol. The van der Waals surface area contributed by atoms with Crippen molar-refractivity contribution in [3.63, 3.8) is 0 Å². The summed E-state index contributed by atoms with van der Waals surface area (Å²) in [5, 5.41) is 6.40.